The van der Waals surface area contributed by atoms with E-state index in [1.165, 1.54) is 5.69 Å². The zero-order valence-electron chi connectivity index (χ0n) is 14.5. The fourth-order valence-corrected chi connectivity index (χ4v) is 3.22. The van der Waals surface area contributed by atoms with E-state index in [9.17, 15) is 5.11 Å². The van der Waals surface area contributed by atoms with Crippen molar-refractivity contribution in [1.82, 2.24) is 15.0 Å². The van der Waals surface area contributed by atoms with E-state index in [4.69, 9.17) is 4.98 Å². The highest BCUT2D eigenvalue weighted by Gasteiger charge is 2.19. The number of anilines is 2. The van der Waals surface area contributed by atoms with Gasteiger partial charge in [0.1, 0.15) is 5.82 Å². The lowest BCUT2D eigenvalue weighted by Gasteiger charge is -2.36. The van der Waals surface area contributed by atoms with Crippen molar-refractivity contribution < 1.29 is 5.11 Å². The molecule has 0 saturated carbocycles. The van der Waals surface area contributed by atoms with E-state index >= 15 is 0 Å². The van der Waals surface area contributed by atoms with E-state index in [1.807, 2.05) is 55.0 Å². The Kier molecular flexibility index (Phi) is 4.75. The van der Waals surface area contributed by atoms with Gasteiger partial charge in [0.15, 0.2) is 0 Å². The van der Waals surface area contributed by atoms with Crippen LogP contribution in [0.4, 0.5) is 11.5 Å². The molecule has 1 N–H and O–H groups in total. The first-order valence-electron chi connectivity index (χ1n) is 8.75. The SMILES string of the molecule is OCc1cccc(-c2cncc(N3CCN(c4ccncc4)CC3)n2)c1. The highest BCUT2D eigenvalue weighted by Crippen LogP contribution is 2.22. The van der Waals surface area contributed by atoms with Crippen molar-refractivity contribution in [3.63, 3.8) is 0 Å². The molecule has 1 aliphatic rings. The summed E-state index contributed by atoms with van der Waals surface area (Å²) >= 11 is 0. The molecule has 0 atom stereocenters. The summed E-state index contributed by atoms with van der Waals surface area (Å²) in [7, 11) is 0. The lowest BCUT2D eigenvalue weighted by Crippen LogP contribution is -2.46. The van der Waals surface area contributed by atoms with Gasteiger partial charge in [0, 0.05) is 49.8 Å². The number of nitrogens with zero attached hydrogens (tertiary/aromatic N) is 5. The molecule has 3 heterocycles. The van der Waals surface area contributed by atoms with Gasteiger partial charge in [0.2, 0.25) is 0 Å². The molecule has 0 amide bonds. The van der Waals surface area contributed by atoms with Gasteiger partial charge in [0.25, 0.3) is 0 Å². The average molecular weight is 347 g/mol. The molecule has 0 unspecified atom stereocenters. The van der Waals surface area contributed by atoms with E-state index < -0.39 is 0 Å². The topological polar surface area (TPSA) is 65.4 Å². The number of pyridine rings is 1. The molecule has 1 aliphatic heterocycles. The summed E-state index contributed by atoms with van der Waals surface area (Å²) < 4.78 is 0. The number of aliphatic hydroxyl groups excluding tert-OH is 1. The zero-order chi connectivity index (χ0) is 17.8. The molecule has 132 valence electrons. The predicted octanol–water partition coefficient (Wildman–Crippen LogP) is 2.36. The second-order valence-electron chi connectivity index (χ2n) is 6.30. The molecule has 1 fully saturated rings. The number of hydrogen-bond acceptors (Lipinski definition) is 6. The van der Waals surface area contributed by atoms with E-state index in [1.54, 1.807) is 6.20 Å². The molecule has 1 saturated heterocycles. The predicted molar refractivity (Wildman–Crippen MR) is 102 cm³/mol. The summed E-state index contributed by atoms with van der Waals surface area (Å²) in [4.78, 5) is 17.9. The minimum atomic E-state index is 0.0257. The van der Waals surface area contributed by atoms with Crippen molar-refractivity contribution in [2.24, 2.45) is 0 Å². The Bertz CT molecular complexity index is 863. The van der Waals surface area contributed by atoms with Gasteiger partial charge in [-0.2, -0.15) is 0 Å². The van der Waals surface area contributed by atoms with Crippen LogP contribution in [0.2, 0.25) is 0 Å². The molecular formula is C20H21N5O. The molecule has 2 aromatic heterocycles. The van der Waals surface area contributed by atoms with Crippen LogP contribution in [0.3, 0.4) is 0 Å². The Morgan fingerprint density at radius 2 is 1.65 bits per heavy atom. The quantitative estimate of drug-likeness (QED) is 0.782. The Morgan fingerprint density at radius 1 is 0.885 bits per heavy atom. The molecule has 3 aromatic rings. The second kappa shape index (κ2) is 7.49. The minimum Gasteiger partial charge on any atom is -0.392 e. The highest BCUT2D eigenvalue weighted by atomic mass is 16.3. The highest BCUT2D eigenvalue weighted by molar-refractivity contribution is 5.61. The van der Waals surface area contributed by atoms with Gasteiger partial charge < -0.3 is 14.9 Å². The number of piperazine rings is 1. The Labute approximate surface area is 152 Å². The maximum Gasteiger partial charge on any atom is 0.147 e. The summed E-state index contributed by atoms with van der Waals surface area (Å²) in [6.07, 6.45) is 7.25. The van der Waals surface area contributed by atoms with Crippen LogP contribution < -0.4 is 9.80 Å². The van der Waals surface area contributed by atoms with Crippen molar-refractivity contribution >= 4 is 11.5 Å². The monoisotopic (exact) mass is 347 g/mol. The first kappa shape index (κ1) is 16.5. The summed E-state index contributed by atoms with van der Waals surface area (Å²) in [6, 6.07) is 11.9. The largest absolute Gasteiger partial charge is 0.392 e. The van der Waals surface area contributed by atoms with Crippen LogP contribution in [0.25, 0.3) is 11.3 Å². The number of aromatic nitrogens is 3. The van der Waals surface area contributed by atoms with Crippen molar-refractivity contribution in [1.29, 1.82) is 0 Å². The molecule has 26 heavy (non-hydrogen) atoms. The van der Waals surface area contributed by atoms with Crippen LogP contribution in [-0.4, -0.2) is 46.2 Å². The molecule has 0 bridgehead atoms. The van der Waals surface area contributed by atoms with Crippen LogP contribution in [0, 0.1) is 0 Å². The van der Waals surface area contributed by atoms with E-state index in [2.05, 4.69) is 19.8 Å². The molecule has 4 rings (SSSR count). The van der Waals surface area contributed by atoms with Crippen molar-refractivity contribution in [2.45, 2.75) is 6.61 Å². The van der Waals surface area contributed by atoms with Crippen LogP contribution >= 0.6 is 0 Å². The van der Waals surface area contributed by atoms with Gasteiger partial charge >= 0.3 is 0 Å². The smallest absolute Gasteiger partial charge is 0.147 e. The van der Waals surface area contributed by atoms with Crippen molar-refractivity contribution in [3.8, 4) is 11.3 Å². The first-order valence-corrected chi connectivity index (χ1v) is 8.75. The maximum atomic E-state index is 9.33. The number of benzene rings is 1. The summed E-state index contributed by atoms with van der Waals surface area (Å²) in [5, 5.41) is 9.33. The van der Waals surface area contributed by atoms with Crippen LogP contribution in [0.5, 0.6) is 0 Å². The van der Waals surface area contributed by atoms with Gasteiger partial charge in [-0.25, -0.2) is 4.98 Å². The molecular weight excluding hydrogens is 326 g/mol. The molecule has 0 radical (unpaired) electrons. The summed E-state index contributed by atoms with van der Waals surface area (Å²) in [5.41, 5.74) is 3.89. The summed E-state index contributed by atoms with van der Waals surface area (Å²) in [6.45, 7) is 3.71. The molecule has 1 aromatic carbocycles. The second-order valence-corrected chi connectivity index (χ2v) is 6.30. The Morgan fingerprint density at radius 3 is 2.42 bits per heavy atom. The van der Waals surface area contributed by atoms with Crippen LogP contribution in [0.1, 0.15) is 5.56 Å². The van der Waals surface area contributed by atoms with Crippen LogP contribution in [-0.2, 0) is 6.61 Å². The normalized spacial score (nSPS) is 14.5. The number of hydrogen-bond donors (Lipinski definition) is 1. The van der Waals surface area contributed by atoms with Crippen molar-refractivity contribution in [2.75, 3.05) is 36.0 Å². The third-order valence-corrected chi connectivity index (χ3v) is 4.66. The van der Waals surface area contributed by atoms with Gasteiger partial charge in [-0.05, 0) is 23.8 Å². The zero-order valence-corrected chi connectivity index (χ0v) is 14.5. The fraction of sp³-hybridized carbons (Fsp3) is 0.250. The lowest BCUT2D eigenvalue weighted by molar-refractivity contribution is 0.282. The first-order chi connectivity index (χ1) is 12.8. The third kappa shape index (κ3) is 3.50. The standard InChI is InChI=1S/C20H21N5O/c26-15-16-2-1-3-17(12-16)19-13-22-14-20(23-19)25-10-8-24(9-11-25)18-4-6-21-7-5-18/h1-7,12-14,26H,8-11,15H2. The Hall–Kier alpha value is -2.99. The molecule has 6 nitrogen and oxygen atoms in total. The number of rotatable bonds is 4. The molecule has 6 heteroatoms. The number of aliphatic hydroxyl groups is 1. The van der Waals surface area contributed by atoms with E-state index in [0.29, 0.717) is 0 Å². The lowest BCUT2D eigenvalue weighted by atomic mass is 10.1. The maximum absolute atomic E-state index is 9.33. The van der Waals surface area contributed by atoms with E-state index in [-0.39, 0.29) is 6.61 Å². The third-order valence-electron chi connectivity index (χ3n) is 4.66. The van der Waals surface area contributed by atoms with Gasteiger partial charge in [-0.1, -0.05) is 18.2 Å². The molecule has 0 spiro atoms. The van der Waals surface area contributed by atoms with Gasteiger partial charge in [0.05, 0.1) is 24.7 Å². The summed E-state index contributed by atoms with van der Waals surface area (Å²) in [5.74, 6) is 0.895. The fourth-order valence-electron chi connectivity index (χ4n) is 3.22. The molecule has 0 aliphatic carbocycles. The van der Waals surface area contributed by atoms with Crippen molar-refractivity contribution in [3.05, 3.63) is 66.7 Å². The average Bonchev–Trinajstić information content (AvgIpc) is 2.75. The van der Waals surface area contributed by atoms with Gasteiger partial charge in [-0.3, -0.25) is 9.97 Å². The Balaban J connectivity index is 1.49. The minimum absolute atomic E-state index is 0.0257. The van der Waals surface area contributed by atoms with E-state index in [0.717, 1.165) is 48.8 Å². The van der Waals surface area contributed by atoms with Crippen LogP contribution in [0.15, 0.2) is 61.2 Å². The van der Waals surface area contributed by atoms with Gasteiger partial charge in [-0.15, -0.1) is 0 Å².